The zero-order valence-electron chi connectivity index (χ0n) is 5.64. The number of hydrogen-bond acceptors (Lipinski definition) is 2. The molecule has 1 aromatic heterocycles. The molecule has 5 heteroatoms. The fraction of sp³-hybridized carbons (Fsp3) is 0.333. The van der Waals surface area contributed by atoms with Crippen LogP contribution in [-0.2, 0) is 0 Å². The number of aliphatic hydroxyl groups is 1. The van der Waals surface area contributed by atoms with Gasteiger partial charge < -0.3 is 15.8 Å². The van der Waals surface area contributed by atoms with E-state index in [9.17, 15) is 0 Å². The standard InChI is InChI=1S/C6H8Br2N2O/c7-3-1-5(4(9)2-11)10-6(3)8/h1,4,10-11H,2,9H2/t4-/m1/s1. The van der Waals surface area contributed by atoms with Crippen LogP contribution in [0.4, 0.5) is 0 Å². The number of aromatic amines is 1. The molecule has 0 radical (unpaired) electrons. The minimum absolute atomic E-state index is 0.0562. The molecule has 1 rings (SSSR count). The Morgan fingerprint density at radius 2 is 2.27 bits per heavy atom. The van der Waals surface area contributed by atoms with Crippen molar-refractivity contribution in [3.8, 4) is 0 Å². The van der Waals surface area contributed by atoms with Crippen molar-refractivity contribution in [3.63, 3.8) is 0 Å². The highest BCUT2D eigenvalue weighted by atomic mass is 79.9. The van der Waals surface area contributed by atoms with Gasteiger partial charge in [-0.25, -0.2) is 0 Å². The van der Waals surface area contributed by atoms with E-state index >= 15 is 0 Å². The van der Waals surface area contributed by atoms with E-state index in [2.05, 4.69) is 36.8 Å². The predicted molar refractivity (Wildman–Crippen MR) is 50.2 cm³/mol. The second kappa shape index (κ2) is 3.71. The summed E-state index contributed by atoms with van der Waals surface area (Å²) in [6, 6.07) is 1.50. The Morgan fingerprint density at radius 1 is 1.64 bits per heavy atom. The van der Waals surface area contributed by atoms with Gasteiger partial charge in [0.25, 0.3) is 0 Å². The third-order valence-electron chi connectivity index (χ3n) is 1.34. The van der Waals surface area contributed by atoms with E-state index in [0.717, 1.165) is 14.8 Å². The molecule has 0 aliphatic rings. The van der Waals surface area contributed by atoms with Gasteiger partial charge in [0.15, 0.2) is 0 Å². The summed E-state index contributed by atoms with van der Waals surface area (Å²) in [7, 11) is 0. The summed E-state index contributed by atoms with van der Waals surface area (Å²) < 4.78 is 1.76. The predicted octanol–water partition coefficient (Wildman–Crippen LogP) is 1.53. The highest BCUT2D eigenvalue weighted by Crippen LogP contribution is 2.25. The molecule has 0 aliphatic heterocycles. The molecule has 0 fully saturated rings. The Labute approximate surface area is 81.2 Å². The number of hydrogen-bond donors (Lipinski definition) is 3. The highest BCUT2D eigenvalue weighted by Gasteiger charge is 2.08. The van der Waals surface area contributed by atoms with Gasteiger partial charge in [0.2, 0.25) is 0 Å². The molecule has 3 nitrogen and oxygen atoms in total. The van der Waals surface area contributed by atoms with Gasteiger partial charge in [0.1, 0.15) is 0 Å². The number of aromatic nitrogens is 1. The molecule has 1 atom stereocenters. The number of nitrogens with one attached hydrogen (secondary N) is 1. The van der Waals surface area contributed by atoms with Crippen molar-refractivity contribution in [2.75, 3.05) is 6.61 Å². The first-order chi connectivity index (χ1) is 5.15. The van der Waals surface area contributed by atoms with Gasteiger partial charge >= 0.3 is 0 Å². The molecule has 0 spiro atoms. The summed E-state index contributed by atoms with van der Waals surface area (Å²) in [5.74, 6) is 0. The minimum atomic E-state index is -0.336. The molecular formula is C6H8Br2N2O. The average Bonchev–Trinajstić information content (AvgIpc) is 2.31. The molecule has 1 heterocycles. The topological polar surface area (TPSA) is 62.0 Å². The number of rotatable bonds is 2. The maximum absolute atomic E-state index is 8.71. The summed E-state index contributed by atoms with van der Waals surface area (Å²) in [5, 5.41) is 8.71. The van der Waals surface area contributed by atoms with Crippen molar-refractivity contribution in [2.24, 2.45) is 5.73 Å². The van der Waals surface area contributed by atoms with Gasteiger partial charge in [0.05, 0.1) is 17.3 Å². The van der Waals surface area contributed by atoms with E-state index in [0.29, 0.717) is 0 Å². The average molecular weight is 284 g/mol. The molecule has 0 bridgehead atoms. The first-order valence-corrected chi connectivity index (χ1v) is 4.64. The quantitative estimate of drug-likeness (QED) is 0.771. The Bertz CT molecular complexity index is 229. The van der Waals surface area contributed by atoms with Crippen molar-refractivity contribution in [1.82, 2.24) is 4.98 Å². The van der Waals surface area contributed by atoms with Crippen LogP contribution in [0.3, 0.4) is 0 Å². The first kappa shape index (κ1) is 9.25. The van der Waals surface area contributed by atoms with Crippen LogP contribution in [0, 0.1) is 0 Å². The Balaban J connectivity index is 2.88. The molecule has 0 saturated heterocycles. The number of aliphatic hydroxyl groups excluding tert-OH is 1. The summed E-state index contributed by atoms with van der Waals surface area (Å²) in [4.78, 5) is 2.98. The molecule has 11 heavy (non-hydrogen) atoms. The van der Waals surface area contributed by atoms with Crippen molar-refractivity contribution < 1.29 is 5.11 Å². The fourth-order valence-electron chi connectivity index (χ4n) is 0.720. The van der Waals surface area contributed by atoms with Gasteiger partial charge in [-0.1, -0.05) is 0 Å². The summed E-state index contributed by atoms with van der Waals surface area (Å²) >= 11 is 6.57. The van der Waals surface area contributed by atoms with Gasteiger partial charge in [-0.15, -0.1) is 0 Å². The molecule has 0 aliphatic carbocycles. The van der Waals surface area contributed by atoms with Crippen LogP contribution in [0.5, 0.6) is 0 Å². The third-order valence-corrected chi connectivity index (χ3v) is 3.13. The van der Waals surface area contributed by atoms with Crippen molar-refractivity contribution in [1.29, 1.82) is 0 Å². The van der Waals surface area contributed by atoms with E-state index in [4.69, 9.17) is 10.8 Å². The first-order valence-electron chi connectivity index (χ1n) is 3.05. The van der Waals surface area contributed by atoms with Crippen LogP contribution < -0.4 is 5.73 Å². The Kier molecular flexibility index (Phi) is 3.12. The van der Waals surface area contributed by atoms with Gasteiger partial charge in [0, 0.05) is 10.2 Å². The molecule has 0 unspecified atom stereocenters. The maximum Gasteiger partial charge on any atom is 0.0966 e. The van der Waals surface area contributed by atoms with Crippen LogP contribution in [0.15, 0.2) is 15.1 Å². The van der Waals surface area contributed by atoms with Crippen LogP contribution in [-0.4, -0.2) is 16.7 Å². The fourth-order valence-corrected chi connectivity index (χ4v) is 1.41. The lowest BCUT2D eigenvalue weighted by molar-refractivity contribution is 0.266. The molecule has 0 aromatic carbocycles. The number of nitrogens with two attached hydrogens (primary N) is 1. The third kappa shape index (κ3) is 2.05. The van der Waals surface area contributed by atoms with Crippen LogP contribution >= 0.6 is 31.9 Å². The summed E-state index contributed by atoms with van der Waals surface area (Å²) in [6.07, 6.45) is 0. The molecule has 62 valence electrons. The zero-order valence-corrected chi connectivity index (χ0v) is 8.81. The van der Waals surface area contributed by atoms with Gasteiger partial charge in [-0.3, -0.25) is 0 Å². The van der Waals surface area contributed by atoms with Gasteiger partial charge in [-0.05, 0) is 37.9 Å². The normalized spacial score (nSPS) is 13.5. The molecule has 0 amide bonds. The van der Waals surface area contributed by atoms with Crippen molar-refractivity contribution in [2.45, 2.75) is 6.04 Å². The second-order valence-electron chi connectivity index (χ2n) is 2.18. The van der Waals surface area contributed by atoms with Crippen LogP contribution in [0.1, 0.15) is 11.7 Å². The Hall–Kier alpha value is 0.160. The smallest absolute Gasteiger partial charge is 0.0966 e. The van der Waals surface area contributed by atoms with Gasteiger partial charge in [-0.2, -0.15) is 0 Å². The SMILES string of the molecule is N[C@H](CO)c1cc(Br)c(Br)[nH]1. The van der Waals surface area contributed by atoms with E-state index in [-0.39, 0.29) is 12.6 Å². The van der Waals surface area contributed by atoms with Crippen LogP contribution in [0.2, 0.25) is 0 Å². The molecular weight excluding hydrogens is 276 g/mol. The lowest BCUT2D eigenvalue weighted by Gasteiger charge is -2.03. The Morgan fingerprint density at radius 3 is 2.64 bits per heavy atom. The highest BCUT2D eigenvalue weighted by molar-refractivity contribution is 9.13. The molecule has 4 N–H and O–H groups in total. The van der Waals surface area contributed by atoms with Crippen molar-refractivity contribution >= 4 is 31.9 Å². The number of H-pyrrole nitrogens is 1. The molecule has 0 saturated carbocycles. The van der Waals surface area contributed by atoms with E-state index in [1.165, 1.54) is 0 Å². The largest absolute Gasteiger partial charge is 0.394 e. The van der Waals surface area contributed by atoms with E-state index in [1.807, 2.05) is 6.07 Å². The lowest BCUT2D eigenvalue weighted by atomic mass is 10.2. The van der Waals surface area contributed by atoms with Crippen LogP contribution in [0.25, 0.3) is 0 Å². The van der Waals surface area contributed by atoms with E-state index in [1.54, 1.807) is 0 Å². The van der Waals surface area contributed by atoms with Crippen molar-refractivity contribution in [3.05, 3.63) is 20.8 Å². The summed E-state index contributed by atoms with van der Waals surface area (Å²) in [6.45, 7) is -0.0562. The van der Waals surface area contributed by atoms with E-state index < -0.39 is 0 Å². The second-order valence-corrected chi connectivity index (χ2v) is 3.82. The zero-order chi connectivity index (χ0) is 8.43. The number of halogens is 2. The lowest BCUT2D eigenvalue weighted by Crippen LogP contribution is -2.14. The minimum Gasteiger partial charge on any atom is -0.394 e. The maximum atomic E-state index is 8.71. The summed E-state index contributed by atoms with van der Waals surface area (Å²) in [5.41, 5.74) is 6.36. The molecule has 1 aromatic rings. The monoisotopic (exact) mass is 282 g/mol.